The maximum Gasteiger partial charge on any atom is 0.341 e. The van der Waals surface area contributed by atoms with Gasteiger partial charge in [-0.1, -0.05) is 42.5 Å². The summed E-state index contributed by atoms with van der Waals surface area (Å²) in [6.07, 6.45) is 0.324. The Morgan fingerprint density at radius 2 is 1.70 bits per heavy atom. The number of amides is 1. The van der Waals surface area contributed by atoms with Crippen molar-refractivity contribution >= 4 is 44.2 Å². The van der Waals surface area contributed by atoms with Crippen LogP contribution in [0.15, 0.2) is 64.9 Å². The monoisotopic (exact) mass is 586 g/mol. The van der Waals surface area contributed by atoms with Crippen molar-refractivity contribution in [2.45, 2.75) is 24.7 Å². The highest BCUT2D eigenvalue weighted by molar-refractivity contribution is 7.89. The van der Waals surface area contributed by atoms with Crippen molar-refractivity contribution in [3.63, 3.8) is 0 Å². The normalized spacial score (nSPS) is 13.9. The number of carbonyl (C=O) groups is 3. The average Bonchev–Trinajstić information content (AvgIpc) is 3.39. The molecular formula is C28H30N2O8S2. The van der Waals surface area contributed by atoms with Crippen molar-refractivity contribution in [3.05, 3.63) is 71.1 Å². The summed E-state index contributed by atoms with van der Waals surface area (Å²) in [7, 11) is -3.59. The molecule has 1 N–H and O–H groups in total. The Morgan fingerprint density at radius 3 is 2.38 bits per heavy atom. The van der Waals surface area contributed by atoms with Crippen LogP contribution in [-0.4, -0.2) is 70.1 Å². The highest BCUT2D eigenvalue weighted by Crippen LogP contribution is 2.36. The highest BCUT2D eigenvalue weighted by Gasteiger charge is 2.26. The van der Waals surface area contributed by atoms with Crippen molar-refractivity contribution in [2.24, 2.45) is 0 Å². The standard InChI is InChI=1S/C28H30N2O8S2/c1-2-37-28(33)26-23(21-6-4-3-5-7-21)19-39-27(26)29-24(31)18-38-25(32)13-10-20-8-11-22(12-9-20)40(34,35)30-14-16-36-17-15-30/h3-9,11-12,19H,2,10,13-18H2,1H3,(H,29,31). The fraction of sp³-hybridized carbons (Fsp3) is 0.321. The van der Waals surface area contributed by atoms with Crippen LogP contribution in [0.3, 0.4) is 0 Å². The van der Waals surface area contributed by atoms with Crippen molar-refractivity contribution in [3.8, 4) is 11.1 Å². The van der Waals surface area contributed by atoms with Crippen LogP contribution in [0.1, 0.15) is 29.3 Å². The zero-order chi connectivity index (χ0) is 28.5. The minimum Gasteiger partial charge on any atom is -0.462 e. The van der Waals surface area contributed by atoms with Gasteiger partial charge in [0.1, 0.15) is 10.6 Å². The first-order valence-corrected chi connectivity index (χ1v) is 15.1. The molecule has 12 heteroatoms. The maximum atomic E-state index is 12.7. The third-order valence-electron chi connectivity index (χ3n) is 6.12. The molecule has 4 rings (SSSR count). The smallest absolute Gasteiger partial charge is 0.341 e. The van der Waals surface area contributed by atoms with Gasteiger partial charge in [0.2, 0.25) is 10.0 Å². The van der Waals surface area contributed by atoms with Crippen molar-refractivity contribution < 1.29 is 37.0 Å². The number of carbonyl (C=O) groups excluding carboxylic acids is 3. The molecule has 1 aliphatic heterocycles. The number of rotatable bonds is 11. The summed E-state index contributed by atoms with van der Waals surface area (Å²) in [5.74, 6) is -1.72. The maximum absolute atomic E-state index is 12.7. The van der Waals surface area contributed by atoms with Crippen molar-refractivity contribution in [1.29, 1.82) is 0 Å². The van der Waals surface area contributed by atoms with Gasteiger partial charge in [0.05, 0.1) is 24.7 Å². The molecule has 0 bridgehead atoms. The quantitative estimate of drug-likeness (QED) is 0.337. The fourth-order valence-electron chi connectivity index (χ4n) is 4.08. The minimum atomic E-state index is -3.59. The fourth-order valence-corrected chi connectivity index (χ4v) is 6.46. The molecule has 2 aromatic carbocycles. The summed E-state index contributed by atoms with van der Waals surface area (Å²) in [6, 6.07) is 15.6. The molecule has 40 heavy (non-hydrogen) atoms. The average molecular weight is 587 g/mol. The van der Waals surface area contributed by atoms with E-state index in [1.165, 1.54) is 27.8 Å². The van der Waals surface area contributed by atoms with Crippen LogP contribution in [0, 0.1) is 0 Å². The lowest BCUT2D eigenvalue weighted by molar-refractivity contribution is -0.147. The van der Waals surface area contributed by atoms with Gasteiger partial charge in [-0.05, 0) is 36.6 Å². The second kappa shape index (κ2) is 13.7. The van der Waals surface area contributed by atoms with E-state index in [4.69, 9.17) is 14.2 Å². The predicted molar refractivity (Wildman–Crippen MR) is 150 cm³/mol. The summed E-state index contributed by atoms with van der Waals surface area (Å²) in [4.78, 5) is 37.6. The van der Waals surface area contributed by atoms with Gasteiger partial charge in [-0.2, -0.15) is 4.31 Å². The Bertz CT molecular complexity index is 1430. The number of hydrogen-bond donors (Lipinski definition) is 1. The van der Waals surface area contributed by atoms with E-state index in [1.807, 2.05) is 30.3 Å². The van der Waals surface area contributed by atoms with Gasteiger partial charge in [0, 0.05) is 30.5 Å². The number of anilines is 1. The molecule has 10 nitrogen and oxygen atoms in total. The van der Waals surface area contributed by atoms with E-state index < -0.39 is 34.5 Å². The molecule has 0 spiro atoms. The van der Waals surface area contributed by atoms with E-state index in [2.05, 4.69) is 5.32 Å². The summed E-state index contributed by atoms with van der Waals surface area (Å²) in [5.41, 5.74) is 2.45. The third-order valence-corrected chi connectivity index (χ3v) is 8.93. The third kappa shape index (κ3) is 7.33. The predicted octanol–water partition coefficient (Wildman–Crippen LogP) is 3.73. The number of thiophene rings is 1. The minimum absolute atomic E-state index is 0.00801. The van der Waals surface area contributed by atoms with Crippen LogP contribution >= 0.6 is 11.3 Å². The molecule has 1 aromatic heterocycles. The lowest BCUT2D eigenvalue weighted by Gasteiger charge is -2.26. The Balaban J connectivity index is 1.29. The van der Waals surface area contributed by atoms with Gasteiger partial charge in [0.15, 0.2) is 6.61 Å². The lowest BCUT2D eigenvalue weighted by atomic mass is 10.0. The summed E-state index contributed by atoms with van der Waals surface area (Å²) in [5, 5.41) is 4.72. The SMILES string of the molecule is CCOC(=O)c1c(-c2ccccc2)csc1NC(=O)COC(=O)CCc1ccc(S(=O)(=O)N2CCOCC2)cc1. The number of nitrogens with zero attached hydrogens (tertiary/aromatic N) is 1. The number of hydrogen-bond acceptors (Lipinski definition) is 9. The zero-order valence-corrected chi connectivity index (χ0v) is 23.6. The molecule has 1 saturated heterocycles. The van der Waals surface area contributed by atoms with Gasteiger partial charge in [-0.15, -0.1) is 11.3 Å². The Hall–Kier alpha value is -3.58. The number of morpholine rings is 1. The first kappa shape index (κ1) is 29.4. The van der Waals surface area contributed by atoms with Crippen LogP contribution in [0.4, 0.5) is 5.00 Å². The second-order valence-corrected chi connectivity index (χ2v) is 11.6. The van der Waals surface area contributed by atoms with Gasteiger partial charge < -0.3 is 19.5 Å². The molecule has 1 aliphatic rings. The van der Waals surface area contributed by atoms with E-state index in [0.717, 1.165) is 11.1 Å². The van der Waals surface area contributed by atoms with Crippen LogP contribution in [-0.2, 0) is 40.2 Å². The van der Waals surface area contributed by atoms with E-state index in [-0.39, 0.29) is 23.5 Å². The van der Waals surface area contributed by atoms with Gasteiger partial charge >= 0.3 is 11.9 Å². The van der Waals surface area contributed by atoms with Crippen molar-refractivity contribution in [1.82, 2.24) is 4.31 Å². The lowest BCUT2D eigenvalue weighted by Crippen LogP contribution is -2.40. The zero-order valence-electron chi connectivity index (χ0n) is 22.0. The molecular weight excluding hydrogens is 556 g/mol. The van der Waals surface area contributed by atoms with E-state index in [9.17, 15) is 22.8 Å². The molecule has 2 heterocycles. The number of nitrogens with one attached hydrogen (secondary N) is 1. The van der Waals surface area contributed by atoms with Gasteiger partial charge in [-0.3, -0.25) is 9.59 Å². The summed E-state index contributed by atoms with van der Waals surface area (Å²) in [6.45, 7) is 2.73. The van der Waals surface area contributed by atoms with Crippen LogP contribution < -0.4 is 5.32 Å². The van der Waals surface area contributed by atoms with Crippen LogP contribution in [0.25, 0.3) is 11.1 Å². The molecule has 1 fully saturated rings. The first-order chi connectivity index (χ1) is 19.3. The molecule has 0 unspecified atom stereocenters. The van der Waals surface area contributed by atoms with Gasteiger partial charge in [0.25, 0.3) is 5.91 Å². The summed E-state index contributed by atoms with van der Waals surface area (Å²) >= 11 is 1.18. The number of benzene rings is 2. The number of aryl methyl sites for hydroxylation is 1. The Labute approximate surface area is 236 Å². The molecule has 0 saturated carbocycles. The van der Waals surface area contributed by atoms with Crippen LogP contribution in [0.2, 0.25) is 0 Å². The number of esters is 2. The number of sulfonamides is 1. The topological polar surface area (TPSA) is 128 Å². The molecule has 0 radical (unpaired) electrons. The highest BCUT2D eigenvalue weighted by atomic mass is 32.2. The van der Waals surface area contributed by atoms with E-state index >= 15 is 0 Å². The molecule has 1 amide bonds. The van der Waals surface area contributed by atoms with Crippen molar-refractivity contribution in [2.75, 3.05) is 44.8 Å². The number of ether oxygens (including phenoxy) is 3. The van der Waals surface area contributed by atoms with Crippen LogP contribution in [0.5, 0.6) is 0 Å². The Kier molecular flexibility index (Phi) is 10.0. The molecule has 3 aromatic rings. The van der Waals surface area contributed by atoms with E-state index in [1.54, 1.807) is 24.4 Å². The first-order valence-electron chi connectivity index (χ1n) is 12.8. The second-order valence-electron chi connectivity index (χ2n) is 8.81. The molecule has 212 valence electrons. The molecule has 0 aliphatic carbocycles. The summed E-state index contributed by atoms with van der Waals surface area (Å²) < 4.78 is 42.4. The Morgan fingerprint density at radius 1 is 1.00 bits per heavy atom. The van der Waals surface area contributed by atoms with Gasteiger partial charge in [-0.25, -0.2) is 13.2 Å². The van der Waals surface area contributed by atoms with E-state index in [0.29, 0.717) is 43.3 Å². The molecule has 0 atom stereocenters. The largest absolute Gasteiger partial charge is 0.462 e.